The Bertz CT molecular complexity index is 866. The van der Waals surface area contributed by atoms with E-state index in [4.69, 9.17) is 29.6 Å². The van der Waals surface area contributed by atoms with Crippen molar-refractivity contribution in [1.82, 2.24) is 0 Å². The molecule has 2 aromatic rings. The van der Waals surface area contributed by atoms with Crippen molar-refractivity contribution in [2.45, 2.75) is 44.6 Å². The second kappa shape index (κ2) is 9.94. The third-order valence-corrected chi connectivity index (χ3v) is 5.80. The number of benzene rings is 2. The van der Waals surface area contributed by atoms with Crippen molar-refractivity contribution in [3.05, 3.63) is 53.1 Å². The summed E-state index contributed by atoms with van der Waals surface area (Å²) in [5.41, 5.74) is 8.79. The lowest BCUT2D eigenvalue weighted by Crippen LogP contribution is -2.33. The molecule has 0 radical (unpaired) electrons. The molecule has 0 heterocycles. The number of thiocarbonyl (C=S) groups is 1. The van der Waals surface area contributed by atoms with E-state index in [0.29, 0.717) is 16.2 Å². The fourth-order valence-electron chi connectivity index (χ4n) is 3.74. The van der Waals surface area contributed by atoms with Gasteiger partial charge in [-0.05, 0) is 61.0 Å². The first-order chi connectivity index (χ1) is 13.9. The maximum absolute atomic E-state index is 11.0. The number of amides is 1. The predicted octanol–water partition coefficient (Wildman–Crippen LogP) is 4.95. The standard InChI is InChI=1S/C22H27ClN4OS/c1-27(18-5-3-2-4-6-18)20-12-11-17(14-19(20)23)26-22(29)25-16-9-7-15(8-10-16)13-21(24)28/h7-12,14,18H,2-6,13H2,1H3,(H2,24,28)(H2,25,26,29). The topological polar surface area (TPSA) is 70.4 Å². The van der Waals surface area contributed by atoms with E-state index in [0.717, 1.165) is 22.6 Å². The first-order valence-electron chi connectivity index (χ1n) is 9.90. The Morgan fingerprint density at radius 2 is 1.72 bits per heavy atom. The molecule has 1 fully saturated rings. The lowest BCUT2D eigenvalue weighted by Gasteiger charge is -2.33. The van der Waals surface area contributed by atoms with Crippen molar-refractivity contribution < 1.29 is 4.79 Å². The quantitative estimate of drug-likeness (QED) is 0.566. The summed E-state index contributed by atoms with van der Waals surface area (Å²) in [6, 6.07) is 13.9. The molecule has 5 nitrogen and oxygen atoms in total. The maximum atomic E-state index is 11.0. The van der Waals surface area contributed by atoms with E-state index in [-0.39, 0.29) is 12.3 Å². The number of nitrogens with one attached hydrogen (secondary N) is 2. The van der Waals surface area contributed by atoms with Crippen LogP contribution in [-0.2, 0) is 11.2 Å². The molecule has 0 spiro atoms. The Kier molecular flexibility index (Phi) is 7.34. The first kappa shape index (κ1) is 21.4. The van der Waals surface area contributed by atoms with Crippen molar-refractivity contribution in [3.8, 4) is 0 Å². The monoisotopic (exact) mass is 430 g/mol. The summed E-state index contributed by atoms with van der Waals surface area (Å²) in [6.07, 6.45) is 6.58. The molecule has 0 bridgehead atoms. The fraction of sp³-hybridized carbons (Fsp3) is 0.364. The Hall–Kier alpha value is -2.31. The molecule has 1 saturated carbocycles. The van der Waals surface area contributed by atoms with Crippen LogP contribution in [0.5, 0.6) is 0 Å². The average Bonchev–Trinajstić information content (AvgIpc) is 2.69. The molecule has 1 aliphatic carbocycles. The lowest BCUT2D eigenvalue weighted by molar-refractivity contribution is -0.117. The van der Waals surface area contributed by atoms with Crippen molar-refractivity contribution in [2.24, 2.45) is 5.73 Å². The molecule has 0 aliphatic heterocycles. The molecule has 7 heteroatoms. The molecule has 3 rings (SSSR count). The third kappa shape index (κ3) is 6.08. The van der Waals surface area contributed by atoms with Gasteiger partial charge in [-0.3, -0.25) is 4.79 Å². The predicted molar refractivity (Wildman–Crippen MR) is 126 cm³/mol. The highest BCUT2D eigenvalue weighted by Gasteiger charge is 2.20. The van der Waals surface area contributed by atoms with E-state index in [1.807, 2.05) is 42.5 Å². The largest absolute Gasteiger partial charge is 0.370 e. The van der Waals surface area contributed by atoms with Gasteiger partial charge in [0.2, 0.25) is 5.91 Å². The number of primary amides is 1. The van der Waals surface area contributed by atoms with Crippen LogP contribution in [0.25, 0.3) is 0 Å². The minimum Gasteiger partial charge on any atom is -0.370 e. The van der Waals surface area contributed by atoms with Crippen LogP contribution in [0.2, 0.25) is 5.02 Å². The van der Waals surface area contributed by atoms with Gasteiger partial charge in [0.25, 0.3) is 0 Å². The molecule has 154 valence electrons. The number of nitrogens with two attached hydrogens (primary N) is 1. The summed E-state index contributed by atoms with van der Waals surface area (Å²) in [6.45, 7) is 0. The van der Waals surface area contributed by atoms with Gasteiger partial charge in [0, 0.05) is 24.5 Å². The molecular formula is C22H27ClN4OS. The summed E-state index contributed by atoms with van der Waals surface area (Å²) in [4.78, 5) is 13.3. The van der Waals surface area contributed by atoms with E-state index in [2.05, 4.69) is 22.6 Å². The van der Waals surface area contributed by atoms with Gasteiger partial charge in [0.1, 0.15) is 0 Å². The summed E-state index contributed by atoms with van der Waals surface area (Å²) < 4.78 is 0. The number of anilines is 3. The number of rotatable bonds is 6. The Labute approximate surface area is 182 Å². The number of hydrogen-bond donors (Lipinski definition) is 3. The van der Waals surface area contributed by atoms with Crippen molar-refractivity contribution in [1.29, 1.82) is 0 Å². The van der Waals surface area contributed by atoms with Crippen LogP contribution in [0.3, 0.4) is 0 Å². The maximum Gasteiger partial charge on any atom is 0.221 e. The van der Waals surface area contributed by atoms with Gasteiger partial charge in [0.15, 0.2) is 5.11 Å². The number of hydrogen-bond acceptors (Lipinski definition) is 3. The molecule has 0 aromatic heterocycles. The molecule has 4 N–H and O–H groups in total. The summed E-state index contributed by atoms with van der Waals surface area (Å²) in [5, 5.41) is 7.48. The van der Waals surface area contributed by atoms with Gasteiger partial charge in [-0.2, -0.15) is 0 Å². The van der Waals surface area contributed by atoms with Crippen LogP contribution in [0, 0.1) is 0 Å². The second-order valence-electron chi connectivity index (χ2n) is 7.49. The van der Waals surface area contributed by atoms with Gasteiger partial charge < -0.3 is 21.3 Å². The summed E-state index contributed by atoms with van der Waals surface area (Å²) >= 11 is 12.0. The minimum absolute atomic E-state index is 0.225. The number of carbonyl (C=O) groups excluding carboxylic acids is 1. The zero-order chi connectivity index (χ0) is 20.8. The van der Waals surface area contributed by atoms with Crippen LogP contribution in [0.4, 0.5) is 17.1 Å². The zero-order valence-electron chi connectivity index (χ0n) is 16.6. The third-order valence-electron chi connectivity index (χ3n) is 5.30. The number of halogens is 1. The van der Waals surface area contributed by atoms with Crippen molar-refractivity contribution in [2.75, 3.05) is 22.6 Å². The number of nitrogens with zero attached hydrogens (tertiary/aromatic N) is 1. The Balaban J connectivity index is 1.59. The zero-order valence-corrected chi connectivity index (χ0v) is 18.2. The highest BCUT2D eigenvalue weighted by molar-refractivity contribution is 7.80. The normalized spacial score (nSPS) is 14.3. The fourth-order valence-corrected chi connectivity index (χ4v) is 4.29. The van der Waals surface area contributed by atoms with Crippen LogP contribution in [0.15, 0.2) is 42.5 Å². The molecule has 1 aliphatic rings. The van der Waals surface area contributed by atoms with E-state index < -0.39 is 0 Å². The second-order valence-corrected chi connectivity index (χ2v) is 8.30. The molecule has 1 amide bonds. The minimum atomic E-state index is -0.350. The van der Waals surface area contributed by atoms with Gasteiger partial charge in [-0.25, -0.2) is 0 Å². The molecule has 2 aromatic carbocycles. The smallest absolute Gasteiger partial charge is 0.221 e. The van der Waals surface area contributed by atoms with Gasteiger partial charge >= 0.3 is 0 Å². The Morgan fingerprint density at radius 1 is 1.10 bits per heavy atom. The van der Waals surface area contributed by atoms with Crippen LogP contribution >= 0.6 is 23.8 Å². The van der Waals surface area contributed by atoms with Gasteiger partial charge in [-0.1, -0.05) is 43.0 Å². The van der Waals surface area contributed by atoms with Crippen LogP contribution in [-0.4, -0.2) is 24.1 Å². The molecule has 0 saturated heterocycles. The van der Waals surface area contributed by atoms with E-state index in [1.165, 1.54) is 32.1 Å². The van der Waals surface area contributed by atoms with E-state index >= 15 is 0 Å². The summed E-state index contributed by atoms with van der Waals surface area (Å²) in [7, 11) is 2.12. The molecule has 29 heavy (non-hydrogen) atoms. The van der Waals surface area contributed by atoms with Gasteiger partial charge in [-0.15, -0.1) is 0 Å². The summed E-state index contributed by atoms with van der Waals surface area (Å²) in [5.74, 6) is -0.350. The highest BCUT2D eigenvalue weighted by Crippen LogP contribution is 2.33. The SMILES string of the molecule is CN(c1ccc(NC(=S)Nc2ccc(CC(N)=O)cc2)cc1Cl)C1CCCCC1. The van der Waals surface area contributed by atoms with Crippen LogP contribution in [0.1, 0.15) is 37.7 Å². The first-order valence-corrected chi connectivity index (χ1v) is 10.7. The van der Waals surface area contributed by atoms with Crippen molar-refractivity contribution >= 4 is 51.9 Å². The van der Waals surface area contributed by atoms with E-state index in [1.54, 1.807) is 0 Å². The molecular weight excluding hydrogens is 404 g/mol. The Morgan fingerprint density at radius 3 is 2.34 bits per heavy atom. The number of carbonyl (C=O) groups is 1. The lowest BCUT2D eigenvalue weighted by atomic mass is 9.94. The van der Waals surface area contributed by atoms with Gasteiger partial charge in [0.05, 0.1) is 17.1 Å². The molecule has 0 atom stereocenters. The van der Waals surface area contributed by atoms with Crippen molar-refractivity contribution in [3.63, 3.8) is 0 Å². The highest BCUT2D eigenvalue weighted by atomic mass is 35.5. The average molecular weight is 431 g/mol. The van der Waals surface area contributed by atoms with Crippen LogP contribution < -0.4 is 21.3 Å². The van der Waals surface area contributed by atoms with E-state index in [9.17, 15) is 4.79 Å². The molecule has 0 unspecified atom stereocenters.